The van der Waals surface area contributed by atoms with E-state index in [1.54, 1.807) is 18.2 Å². The average molecular weight is 765 g/mol. The number of methoxy groups -OCH3 is 2. The highest BCUT2D eigenvalue weighted by molar-refractivity contribution is 6.66. The average Bonchev–Trinajstić information content (AvgIpc) is 3.23. The monoisotopic (exact) mass is 764 g/mol. The molecule has 1 fully saturated rings. The molecule has 1 saturated heterocycles. The molecule has 10 heteroatoms. The summed E-state index contributed by atoms with van der Waals surface area (Å²) in [4.78, 5) is 11.5. The van der Waals surface area contributed by atoms with Gasteiger partial charge in [-0.25, -0.2) is 0 Å². The molecule has 0 aromatic heterocycles. The van der Waals surface area contributed by atoms with Crippen LogP contribution in [0.5, 0.6) is 17.2 Å². The van der Waals surface area contributed by atoms with E-state index in [9.17, 15) is 4.79 Å². The van der Waals surface area contributed by atoms with Gasteiger partial charge in [0.1, 0.15) is 24.4 Å². The van der Waals surface area contributed by atoms with E-state index in [0.717, 1.165) is 22.3 Å². The molecule has 9 nitrogen and oxygen atoms in total. The van der Waals surface area contributed by atoms with Crippen molar-refractivity contribution < 1.29 is 42.7 Å². The van der Waals surface area contributed by atoms with Crippen LogP contribution in [0.2, 0.25) is 0 Å². The highest BCUT2D eigenvalue weighted by Crippen LogP contribution is 2.42. The lowest BCUT2D eigenvalue weighted by Crippen LogP contribution is -2.62. The van der Waals surface area contributed by atoms with Gasteiger partial charge in [-0.1, -0.05) is 121 Å². The van der Waals surface area contributed by atoms with Crippen LogP contribution in [0.25, 0.3) is 6.08 Å². The molecule has 0 bridgehead atoms. The molecule has 0 saturated carbocycles. The Bertz CT molecular complexity index is 1900. The lowest BCUT2D eigenvalue weighted by Gasteiger charge is -2.45. The van der Waals surface area contributed by atoms with Crippen molar-refractivity contribution in [3.8, 4) is 17.2 Å². The summed E-state index contributed by atoms with van der Waals surface area (Å²) in [5.41, 5.74) is 4.57. The largest absolute Gasteiger partial charge is 0.493 e. The predicted molar refractivity (Wildman–Crippen MR) is 210 cm³/mol. The highest BCUT2D eigenvalue weighted by atomic mass is 35.5. The molecular weight excluding hydrogens is 720 g/mol. The second kappa shape index (κ2) is 20.6. The Morgan fingerprint density at radius 1 is 0.618 bits per heavy atom. The molecule has 0 spiro atoms. The number of carbonyl (C=O) groups excluding carboxylic acids is 1. The van der Waals surface area contributed by atoms with Crippen molar-refractivity contribution >= 4 is 22.9 Å². The first-order valence-corrected chi connectivity index (χ1v) is 18.4. The van der Waals surface area contributed by atoms with Gasteiger partial charge < -0.3 is 37.9 Å². The van der Waals surface area contributed by atoms with Crippen LogP contribution in [0.3, 0.4) is 0 Å². The zero-order valence-corrected chi connectivity index (χ0v) is 31.6. The molecule has 0 radical (unpaired) electrons. The van der Waals surface area contributed by atoms with E-state index in [1.165, 1.54) is 20.3 Å². The zero-order chi connectivity index (χ0) is 38.2. The summed E-state index contributed by atoms with van der Waals surface area (Å²) in [7, 11) is 3.04. The quantitative estimate of drug-likeness (QED) is 0.0606. The van der Waals surface area contributed by atoms with Gasteiger partial charge in [-0.2, -0.15) is 0 Å². The minimum atomic E-state index is -1.06. The lowest BCUT2D eigenvalue weighted by molar-refractivity contribution is -0.310. The van der Waals surface area contributed by atoms with Gasteiger partial charge in [-0.3, -0.25) is 4.79 Å². The van der Waals surface area contributed by atoms with Crippen LogP contribution in [0.15, 0.2) is 140 Å². The molecule has 5 aromatic rings. The Morgan fingerprint density at radius 2 is 1.05 bits per heavy atom. The van der Waals surface area contributed by atoms with Crippen molar-refractivity contribution in [2.45, 2.75) is 57.1 Å². The number of allylic oxidation sites excluding steroid dienone is 1. The molecule has 286 valence electrons. The van der Waals surface area contributed by atoms with Crippen LogP contribution in [-0.4, -0.2) is 56.8 Å². The number of hydrogen-bond acceptors (Lipinski definition) is 9. The number of benzene rings is 5. The Balaban J connectivity index is 1.39. The van der Waals surface area contributed by atoms with E-state index in [-0.39, 0.29) is 25.6 Å². The maximum absolute atomic E-state index is 11.5. The third-order valence-electron chi connectivity index (χ3n) is 8.96. The summed E-state index contributed by atoms with van der Waals surface area (Å²) >= 11 is 5.58. The summed E-state index contributed by atoms with van der Waals surface area (Å²) in [5, 5.41) is -0.613. The minimum Gasteiger partial charge on any atom is -0.493 e. The van der Waals surface area contributed by atoms with Gasteiger partial charge in [0.15, 0.2) is 11.5 Å². The topological polar surface area (TPSA) is 90.9 Å². The standard InChI is InChI=1S/C45H45ClO9/c1-48-37-25-36(23-24-40(46)47)26-38(49-2)41(37)55-45-44(53-30-35-21-13-6-14-22-35)43(52-29-34-19-11-5-12-20-34)42(51-28-33-17-9-4-10-18-33)39(54-45)31-50-27-32-15-7-3-8-16-32/h3-26,39,42-45H,27-31H2,1-2H3/b24-23+/t39-,42+,43+,44-,45+/m1/s1. The molecule has 6 rings (SSSR count). The van der Waals surface area contributed by atoms with Crippen molar-refractivity contribution in [1.29, 1.82) is 0 Å². The Kier molecular flexibility index (Phi) is 14.9. The maximum Gasteiger partial charge on any atom is 0.245 e. The van der Waals surface area contributed by atoms with Crippen LogP contribution in [-0.2, 0) is 54.9 Å². The first-order chi connectivity index (χ1) is 27.0. The Hall–Kier alpha value is -5.00. The van der Waals surface area contributed by atoms with E-state index in [1.807, 2.05) is 121 Å². The number of halogens is 1. The van der Waals surface area contributed by atoms with E-state index in [2.05, 4.69) is 0 Å². The molecule has 5 atom stereocenters. The van der Waals surface area contributed by atoms with Crippen molar-refractivity contribution in [2.24, 2.45) is 0 Å². The zero-order valence-electron chi connectivity index (χ0n) is 30.8. The summed E-state index contributed by atoms with van der Waals surface area (Å²) in [6, 6.07) is 43.1. The molecule has 5 aromatic carbocycles. The van der Waals surface area contributed by atoms with Gasteiger partial charge in [-0.15, -0.1) is 0 Å². The molecule has 0 N–H and O–H groups in total. The SMILES string of the molecule is COc1cc(/C=C/C(=O)Cl)cc(OC)c1O[C@@H]1O[C@H](COCc2ccccc2)[C@H](OCc2ccccc2)[C@H](OCc2ccccc2)[C@H]1OCc1ccccc1. The fraction of sp³-hybridized carbons (Fsp3) is 0.267. The number of carbonyl (C=O) groups is 1. The number of hydrogen-bond donors (Lipinski definition) is 0. The maximum atomic E-state index is 11.5. The Morgan fingerprint density at radius 3 is 1.51 bits per heavy atom. The van der Waals surface area contributed by atoms with Gasteiger partial charge in [0.2, 0.25) is 17.3 Å². The second-order valence-electron chi connectivity index (χ2n) is 12.8. The van der Waals surface area contributed by atoms with Crippen molar-refractivity contribution in [1.82, 2.24) is 0 Å². The van der Waals surface area contributed by atoms with Gasteiger partial charge in [0.25, 0.3) is 0 Å². The van der Waals surface area contributed by atoms with E-state index in [4.69, 9.17) is 49.5 Å². The van der Waals surface area contributed by atoms with Crippen LogP contribution < -0.4 is 14.2 Å². The fourth-order valence-corrected chi connectivity index (χ4v) is 6.30. The summed E-state index contributed by atoms with van der Waals surface area (Å²) < 4.78 is 51.9. The van der Waals surface area contributed by atoms with Crippen molar-refractivity contribution in [2.75, 3.05) is 20.8 Å². The smallest absolute Gasteiger partial charge is 0.245 e. The Labute approximate surface area is 327 Å². The lowest BCUT2D eigenvalue weighted by atomic mass is 9.97. The van der Waals surface area contributed by atoms with E-state index in [0.29, 0.717) is 30.3 Å². The normalized spacial score (nSPS) is 19.6. The molecule has 0 unspecified atom stereocenters. The number of ether oxygens (including phenoxy) is 8. The van der Waals surface area contributed by atoms with E-state index < -0.39 is 35.9 Å². The summed E-state index contributed by atoms with van der Waals surface area (Å²) in [5.74, 6) is 0.951. The molecular formula is C45H45ClO9. The predicted octanol–water partition coefficient (Wildman–Crippen LogP) is 8.56. The molecule has 1 aliphatic rings. The van der Waals surface area contributed by atoms with Crippen molar-refractivity contribution in [3.63, 3.8) is 0 Å². The molecule has 1 heterocycles. The summed E-state index contributed by atoms with van der Waals surface area (Å²) in [6.45, 7) is 1.34. The van der Waals surface area contributed by atoms with Crippen LogP contribution in [0, 0.1) is 0 Å². The highest BCUT2D eigenvalue weighted by Gasteiger charge is 2.50. The fourth-order valence-electron chi connectivity index (χ4n) is 6.23. The van der Waals surface area contributed by atoms with E-state index >= 15 is 0 Å². The molecule has 0 aliphatic carbocycles. The third-order valence-corrected chi connectivity index (χ3v) is 9.09. The van der Waals surface area contributed by atoms with Gasteiger partial charge in [-0.05, 0) is 63.7 Å². The van der Waals surface area contributed by atoms with Crippen molar-refractivity contribution in [3.05, 3.63) is 167 Å². The van der Waals surface area contributed by atoms with Crippen LogP contribution in [0.4, 0.5) is 0 Å². The van der Waals surface area contributed by atoms with Crippen LogP contribution in [0.1, 0.15) is 27.8 Å². The van der Waals surface area contributed by atoms with Gasteiger partial charge >= 0.3 is 0 Å². The number of rotatable bonds is 19. The minimum absolute atomic E-state index is 0.162. The molecule has 55 heavy (non-hydrogen) atoms. The molecule has 1 aliphatic heterocycles. The first kappa shape index (κ1) is 39.7. The summed E-state index contributed by atoms with van der Waals surface area (Å²) in [6.07, 6.45) is -1.08. The van der Waals surface area contributed by atoms with Gasteiger partial charge in [0, 0.05) is 0 Å². The third kappa shape index (κ3) is 11.5. The first-order valence-electron chi connectivity index (χ1n) is 18.0. The van der Waals surface area contributed by atoms with Gasteiger partial charge in [0.05, 0.1) is 47.3 Å². The second-order valence-corrected chi connectivity index (χ2v) is 13.2. The van der Waals surface area contributed by atoms with Crippen LogP contribution >= 0.6 is 11.6 Å². The molecule has 0 amide bonds.